The topological polar surface area (TPSA) is 55.6 Å². The van der Waals surface area contributed by atoms with E-state index in [4.69, 9.17) is 4.74 Å². The van der Waals surface area contributed by atoms with Crippen LogP contribution in [0, 0.1) is 10.1 Å². The predicted molar refractivity (Wildman–Crippen MR) is 71.3 cm³/mol. The molecule has 0 N–H and O–H groups in total. The van der Waals surface area contributed by atoms with Crippen LogP contribution < -0.4 is 0 Å². The van der Waals surface area contributed by atoms with E-state index in [0.717, 1.165) is 18.7 Å². The quantitative estimate of drug-likeness (QED) is 0.369. The second kappa shape index (κ2) is 6.26. The number of rotatable bonds is 4. The minimum Gasteiger partial charge on any atom is -0.379 e. The van der Waals surface area contributed by atoms with Crippen LogP contribution in [0.15, 0.2) is 30.3 Å². The number of nitrogens with zero attached hydrogens (tertiary/aromatic N) is 2. The van der Waals surface area contributed by atoms with Crippen LogP contribution >= 0.6 is 15.9 Å². The number of benzene rings is 1. The van der Waals surface area contributed by atoms with Crippen LogP contribution in [0.25, 0.3) is 0 Å². The van der Waals surface area contributed by atoms with E-state index in [9.17, 15) is 10.1 Å². The van der Waals surface area contributed by atoms with Gasteiger partial charge in [0.2, 0.25) is 0 Å². The Balaban J connectivity index is 2.25. The highest BCUT2D eigenvalue weighted by molar-refractivity contribution is 9.09. The molecule has 0 spiro atoms. The molecular formula is C12H15BrN2O3. The van der Waals surface area contributed by atoms with E-state index in [2.05, 4.69) is 20.8 Å². The molecule has 1 aromatic rings. The predicted octanol–water partition coefficient (Wildman–Crippen LogP) is 2.06. The van der Waals surface area contributed by atoms with Gasteiger partial charge in [-0.05, 0) is 21.5 Å². The minimum atomic E-state index is -0.807. The van der Waals surface area contributed by atoms with Gasteiger partial charge in [-0.25, -0.2) is 0 Å². The summed E-state index contributed by atoms with van der Waals surface area (Å²) in [6.07, 6.45) is 0. The molecule has 0 bridgehead atoms. The van der Waals surface area contributed by atoms with Crippen molar-refractivity contribution in [2.75, 3.05) is 26.3 Å². The molecule has 2 rings (SSSR count). The summed E-state index contributed by atoms with van der Waals surface area (Å²) in [5.41, 5.74) is 0.956. The SMILES string of the molecule is O=[N+]([O-])[C@H](Br)[C@H](c1ccccc1)N1CCOCC1. The highest BCUT2D eigenvalue weighted by Crippen LogP contribution is 2.29. The zero-order valence-corrected chi connectivity index (χ0v) is 11.5. The molecule has 1 saturated heterocycles. The fraction of sp³-hybridized carbons (Fsp3) is 0.500. The molecule has 0 amide bonds. The van der Waals surface area contributed by atoms with Gasteiger partial charge in [-0.3, -0.25) is 15.0 Å². The highest BCUT2D eigenvalue weighted by Gasteiger charge is 2.35. The molecule has 0 aliphatic carbocycles. The normalized spacial score (nSPS) is 20.3. The molecule has 5 nitrogen and oxygen atoms in total. The number of ether oxygens (including phenoxy) is 1. The molecule has 1 aliphatic heterocycles. The molecule has 2 atom stereocenters. The monoisotopic (exact) mass is 314 g/mol. The van der Waals surface area contributed by atoms with Crippen molar-refractivity contribution in [2.45, 2.75) is 11.0 Å². The molecule has 1 heterocycles. The van der Waals surface area contributed by atoms with Crippen LogP contribution in [0.5, 0.6) is 0 Å². The second-order valence-electron chi connectivity index (χ2n) is 4.16. The maximum absolute atomic E-state index is 11.1. The van der Waals surface area contributed by atoms with Crippen LogP contribution in [0.1, 0.15) is 11.6 Å². The number of nitro groups is 1. The van der Waals surface area contributed by atoms with Crippen molar-refractivity contribution in [3.63, 3.8) is 0 Å². The average Bonchev–Trinajstić information content (AvgIpc) is 2.41. The summed E-state index contributed by atoms with van der Waals surface area (Å²) in [6, 6.07) is 9.32. The average molecular weight is 315 g/mol. The Kier molecular flexibility index (Phi) is 4.68. The molecule has 1 aliphatic rings. The Morgan fingerprint density at radius 1 is 1.28 bits per heavy atom. The fourth-order valence-electron chi connectivity index (χ4n) is 2.16. The zero-order chi connectivity index (χ0) is 13.0. The van der Waals surface area contributed by atoms with Crippen molar-refractivity contribution in [1.29, 1.82) is 0 Å². The van der Waals surface area contributed by atoms with E-state index in [-0.39, 0.29) is 11.0 Å². The van der Waals surface area contributed by atoms with Gasteiger partial charge in [-0.1, -0.05) is 30.3 Å². The van der Waals surface area contributed by atoms with E-state index in [1.54, 1.807) is 0 Å². The van der Waals surface area contributed by atoms with E-state index >= 15 is 0 Å². The maximum atomic E-state index is 11.1. The first-order valence-electron chi connectivity index (χ1n) is 5.84. The minimum absolute atomic E-state index is 0.259. The van der Waals surface area contributed by atoms with Crippen molar-refractivity contribution in [1.82, 2.24) is 4.90 Å². The molecule has 0 saturated carbocycles. The van der Waals surface area contributed by atoms with Crippen molar-refractivity contribution in [2.24, 2.45) is 0 Å². The Bertz CT molecular complexity index is 396. The van der Waals surface area contributed by atoms with Crippen molar-refractivity contribution < 1.29 is 9.66 Å². The van der Waals surface area contributed by atoms with Gasteiger partial charge in [0.25, 0.3) is 4.95 Å². The van der Waals surface area contributed by atoms with Gasteiger partial charge in [0.05, 0.1) is 13.2 Å². The number of hydrogen-bond acceptors (Lipinski definition) is 4. The Morgan fingerprint density at radius 2 is 1.89 bits per heavy atom. The lowest BCUT2D eigenvalue weighted by atomic mass is 10.0. The highest BCUT2D eigenvalue weighted by atomic mass is 79.9. The molecule has 0 radical (unpaired) electrons. The van der Waals surface area contributed by atoms with E-state index in [1.165, 1.54) is 0 Å². The Morgan fingerprint density at radius 3 is 2.44 bits per heavy atom. The summed E-state index contributed by atoms with van der Waals surface area (Å²) in [5, 5.41) is 11.1. The molecule has 98 valence electrons. The molecule has 0 aromatic heterocycles. The lowest BCUT2D eigenvalue weighted by Gasteiger charge is -2.34. The summed E-state index contributed by atoms with van der Waals surface area (Å²) in [7, 11) is 0. The van der Waals surface area contributed by atoms with Crippen molar-refractivity contribution in [3.05, 3.63) is 46.0 Å². The van der Waals surface area contributed by atoms with Crippen LogP contribution in [-0.4, -0.2) is 41.1 Å². The van der Waals surface area contributed by atoms with Gasteiger partial charge < -0.3 is 4.74 Å². The van der Waals surface area contributed by atoms with Gasteiger partial charge in [0.15, 0.2) is 0 Å². The van der Waals surface area contributed by atoms with E-state index in [0.29, 0.717) is 13.2 Å². The summed E-state index contributed by atoms with van der Waals surface area (Å²) in [4.78, 5) is 12.1. The molecule has 18 heavy (non-hydrogen) atoms. The number of morpholine rings is 1. The molecule has 0 unspecified atom stereocenters. The third kappa shape index (κ3) is 3.07. The smallest absolute Gasteiger partial charge is 0.285 e. The van der Waals surface area contributed by atoms with E-state index < -0.39 is 4.95 Å². The number of hydrogen-bond donors (Lipinski definition) is 0. The van der Waals surface area contributed by atoms with Crippen molar-refractivity contribution in [3.8, 4) is 0 Å². The second-order valence-corrected chi connectivity index (χ2v) is 5.10. The fourth-order valence-corrected chi connectivity index (χ4v) is 2.80. The summed E-state index contributed by atoms with van der Waals surface area (Å²) in [5.74, 6) is 0. The Hall–Kier alpha value is -0.980. The summed E-state index contributed by atoms with van der Waals surface area (Å²) >= 11 is 3.20. The first-order valence-corrected chi connectivity index (χ1v) is 6.76. The zero-order valence-electron chi connectivity index (χ0n) is 9.87. The Labute approximate surface area is 114 Å². The van der Waals surface area contributed by atoms with Crippen LogP contribution in [0.2, 0.25) is 0 Å². The summed E-state index contributed by atoms with van der Waals surface area (Å²) < 4.78 is 5.30. The first-order chi connectivity index (χ1) is 8.70. The largest absolute Gasteiger partial charge is 0.379 e. The van der Waals surface area contributed by atoms with Crippen LogP contribution in [0.4, 0.5) is 0 Å². The molecular weight excluding hydrogens is 300 g/mol. The molecule has 6 heteroatoms. The van der Waals surface area contributed by atoms with E-state index in [1.807, 2.05) is 30.3 Å². The maximum Gasteiger partial charge on any atom is 0.285 e. The van der Waals surface area contributed by atoms with Crippen molar-refractivity contribution >= 4 is 15.9 Å². The van der Waals surface area contributed by atoms with Gasteiger partial charge >= 0.3 is 0 Å². The molecule has 1 fully saturated rings. The standard InChI is InChI=1S/C12H15BrN2O3/c13-12(15(16)17)11(10-4-2-1-3-5-10)14-6-8-18-9-7-14/h1-5,11-12H,6-9H2/t11-,12-/m0/s1. The first kappa shape index (κ1) is 13.5. The third-order valence-corrected chi connectivity index (χ3v) is 3.88. The molecule has 1 aromatic carbocycles. The lowest BCUT2D eigenvalue weighted by molar-refractivity contribution is -0.501. The number of halogens is 1. The number of alkyl halides is 1. The summed E-state index contributed by atoms with van der Waals surface area (Å²) in [6.45, 7) is 2.69. The van der Waals surface area contributed by atoms with Gasteiger partial charge in [0.1, 0.15) is 6.04 Å². The van der Waals surface area contributed by atoms with Gasteiger partial charge in [-0.2, -0.15) is 0 Å². The van der Waals surface area contributed by atoms with Gasteiger partial charge in [-0.15, -0.1) is 0 Å². The van der Waals surface area contributed by atoms with Gasteiger partial charge in [0, 0.05) is 18.0 Å². The lowest BCUT2D eigenvalue weighted by Crippen LogP contribution is -2.44. The van der Waals surface area contributed by atoms with Crippen LogP contribution in [-0.2, 0) is 4.74 Å². The van der Waals surface area contributed by atoms with Crippen LogP contribution in [0.3, 0.4) is 0 Å². The third-order valence-electron chi connectivity index (χ3n) is 3.04.